The summed E-state index contributed by atoms with van der Waals surface area (Å²) in [6, 6.07) is 9.34. The van der Waals surface area contributed by atoms with Gasteiger partial charge in [0, 0.05) is 5.56 Å². The highest BCUT2D eigenvalue weighted by atomic mass is 32.1. The number of ketones is 1. The van der Waals surface area contributed by atoms with E-state index in [1.165, 1.54) is 23.5 Å². The molecule has 20 heavy (non-hydrogen) atoms. The number of nitrogens with zero attached hydrogens (tertiary/aromatic N) is 1. The van der Waals surface area contributed by atoms with Crippen molar-refractivity contribution in [1.82, 2.24) is 4.98 Å². The van der Waals surface area contributed by atoms with Crippen molar-refractivity contribution in [2.24, 2.45) is 0 Å². The van der Waals surface area contributed by atoms with Gasteiger partial charge in [0.25, 0.3) is 0 Å². The first-order valence-electron chi connectivity index (χ1n) is 5.69. The van der Waals surface area contributed by atoms with Gasteiger partial charge in [-0.15, -0.1) is 22.7 Å². The fourth-order valence-corrected chi connectivity index (χ4v) is 3.37. The molecule has 0 aliphatic carbocycles. The number of benzene rings is 1. The third-order valence-electron chi connectivity index (χ3n) is 2.63. The van der Waals surface area contributed by atoms with Crippen LogP contribution in [0.15, 0.2) is 41.8 Å². The van der Waals surface area contributed by atoms with Crippen LogP contribution in [0, 0.1) is 5.82 Å². The smallest absolute Gasteiger partial charge is 0.234 e. The standard InChI is InChI=1S/C14H8FNO2S2/c15-9-4-1-3-8(7-9)14-16-13(18)12(20-14)11(17)10-5-2-6-19-10/h1-7,18H. The number of aromatic nitrogens is 1. The molecule has 0 saturated carbocycles. The lowest BCUT2D eigenvalue weighted by Gasteiger charge is -1.94. The highest BCUT2D eigenvalue weighted by Crippen LogP contribution is 2.34. The number of carbonyl (C=O) groups is 1. The molecule has 0 aliphatic rings. The van der Waals surface area contributed by atoms with Gasteiger partial charge in [-0.3, -0.25) is 4.79 Å². The predicted octanol–water partition coefficient (Wildman–Crippen LogP) is 3.95. The molecule has 3 rings (SSSR count). The number of thiophene rings is 1. The van der Waals surface area contributed by atoms with Crippen molar-refractivity contribution >= 4 is 28.5 Å². The van der Waals surface area contributed by atoms with Crippen molar-refractivity contribution < 1.29 is 14.3 Å². The Morgan fingerprint density at radius 3 is 2.80 bits per heavy atom. The van der Waals surface area contributed by atoms with E-state index in [4.69, 9.17) is 0 Å². The maximum Gasteiger partial charge on any atom is 0.234 e. The van der Waals surface area contributed by atoms with Gasteiger partial charge in [0.2, 0.25) is 11.7 Å². The molecule has 0 radical (unpaired) electrons. The molecule has 3 nitrogen and oxygen atoms in total. The Bertz CT molecular complexity index is 765. The van der Waals surface area contributed by atoms with E-state index in [2.05, 4.69) is 4.98 Å². The lowest BCUT2D eigenvalue weighted by atomic mass is 10.2. The number of halogens is 1. The molecule has 0 aliphatic heterocycles. The molecule has 0 spiro atoms. The molecule has 6 heteroatoms. The van der Waals surface area contributed by atoms with Crippen LogP contribution in [0.4, 0.5) is 4.39 Å². The van der Waals surface area contributed by atoms with Gasteiger partial charge in [-0.05, 0) is 23.6 Å². The SMILES string of the molecule is O=C(c1cccs1)c1sc(-c2cccc(F)c2)nc1O. The summed E-state index contributed by atoms with van der Waals surface area (Å²) in [5.41, 5.74) is 0.538. The Labute approximate surface area is 122 Å². The van der Waals surface area contributed by atoms with Crippen molar-refractivity contribution in [2.45, 2.75) is 0 Å². The lowest BCUT2D eigenvalue weighted by molar-refractivity contribution is 0.104. The number of hydrogen-bond acceptors (Lipinski definition) is 5. The molecule has 100 valence electrons. The topological polar surface area (TPSA) is 50.2 Å². The third kappa shape index (κ3) is 2.35. The quantitative estimate of drug-likeness (QED) is 0.745. The predicted molar refractivity (Wildman–Crippen MR) is 76.9 cm³/mol. The summed E-state index contributed by atoms with van der Waals surface area (Å²) in [6.45, 7) is 0. The first-order chi connectivity index (χ1) is 9.65. The monoisotopic (exact) mass is 305 g/mol. The number of aromatic hydroxyl groups is 1. The number of thiazole rings is 1. The van der Waals surface area contributed by atoms with Gasteiger partial charge in [-0.25, -0.2) is 9.37 Å². The summed E-state index contributed by atoms with van der Waals surface area (Å²) < 4.78 is 13.2. The van der Waals surface area contributed by atoms with Gasteiger partial charge >= 0.3 is 0 Å². The summed E-state index contributed by atoms with van der Waals surface area (Å²) in [7, 11) is 0. The van der Waals surface area contributed by atoms with Gasteiger partial charge in [-0.1, -0.05) is 18.2 Å². The first kappa shape index (κ1) is 13.0. The van der Waals surface area contributed by atoms with Crippen LogP contribution in [-0.4, -0.2) is 15.9 Å². The van der Waals surface area contributed by atoms with E-state index in [1.807, 2.05) is 0 Å². The molecule has 2 aromatic heterocycles. The highest BCUT2D eigenvalue weighted by molar-refractivity contribution is 7.19. The van der Waals surface area contributed by atoms with Gasteiger partial charge in [0.15, 0.2) is 0 Å². The lowest BCUT2D eigenvalue weighted by Crippen LogP contribution is -1.94. The van der Waals surface area contributed by atoms with Crippen LogP contribution in [0.5, 0.6) is 5.88 Å². The Morgan fingerprint density at radius 1 is 1.25 bits per heavy atom. The number of rotatable bonds is 3. The van der Waals surface area contributed by atoms with Gasteiger partial charge in [0.1, 0.15) is 15.7 Å². The van der Waals surface area contributed by atoms with E-state index in [-0.39, 0.29) is 22.4 Å². The van der Waals surface area contributed by atoms with Crippen LogP contribution >= 0.6 is 22.7 Å². The van der Waals surface area contributed by atoms with Crippen LogP contribution < -0.4 is 0 Å². The minimum Gasteiger partial charge on any atom is -0.492 e. The van der Waals surface area contributed by atoms with E-state index < -0.39 is 0 Å². The highest BCUT2D eigenvalue weighted by Gasteiger charge is 2.20. The summed E-state index contributed by atoms with van der Waals surface area (Å²) in [6.07, 6.45) is 0. The van der Waals surface area contributed by atoms with Gasteiger partial charge < -0.3 is 5.11 Å². The van der Waals surface area contributed by atoms with Crippen LogP contribution in [-0.2, 0) is 0 Å². The van der Waals surface area contributed by atoms with Gasteiger partial charge in [0.05, 0.1) is 4.88 Å². The van der Waals surface area contributed by atoms with Crippen LogP contribution in [0.2, 0.25) is 0 Å². The van der Waals surface area contributed by atoms with Crippen molar-refractivity contribution in [1.29, 1.82) is 0 Å². The Kier molecular flexibility index (Phi) is 3.33. The average Bonchev–Trinajstić information content (AvgIpc) is 3.07. The van der Waals surface area contributed by atoms with Crippen LogP contribution in [0.1, 0.15) is 14.5 Å². The van der Waals surface area contributed by atoms with E-state index >= 15 is 0 Å². The maximum absolute atomic E-state index is 13.2. The molecule has 0 atom stereocenters. The summed E-state index contributed by atoms with van der Waals surface area (Å²) in [5, 5.41) is 12.0. The zero-order valence-corrected chi connectivity index (χ0v) is 11.7. The molecular weight excluding hydrogens is 297 g/mol. The Hall–Kier alpha value is -2.05. The van der Waals surface area contributed by atoms with E-state index in [0.29, 0.717) is 15.4 Å². The molecule has 0 saturated heterocycles. The largest absolute Gasteiger partial charge is 0.492 e. The number of hydrogen-bond donors (Lipinski definition) is 1. The summed E-state index contributed by atoms with van der Waals surface area (Å²) >= 11 is 2.36. The van der Waals surface area contributed by atoms with Crippen molar-refractivity contribution in [3.05, 3.63) is 57.3 Å². The Morgan fingerprint density at radius 2 is 2.10 bits per heavy atom. The first-order valence-corrected chi connectivity index (χ1v) is 7.38. The molecule has 0 amide bonds. The molecule has 1 aromatic carbocycles. The fourth-order valence-electron chi connectivity index (χ4n) is 1.72. The maximum atomic E-state index is 13.2. The second-order valence-electron chi connectivity index (χ2n) is 3.99. The zero-order chi connectivity index (χ0) is 14.1. The van der Waals surface area contributed by atoms with Crippen molar-refractivity contribution in [2.75, 3.05) is 0 Å². The van der Waals surface area contributed by atoms with E-state index in [1.54, 1.807) is 29.6 Å². The minimum absolute atomic E-state index is 0.173. The fraction of sp³-hybridized carbons (Fsp3) is 0. The summed E-state index contributed by atoms with van der Waals surface area (Å²) in [4.78, 5) is 16.8. The van der Waals surface area contributed by atoms with E-state index in [9.17, 15) is 14.3 Å². The molecular formula is C14H8FNO2S2. The van der Waals surface area contributed by atoms with E-state index in [0.717, 1.165) is 11.3 Å². The van der Waals surface area contributed by atoms with Crippen molar-refractivity contribution in [3.63, 3.8) is 0 Å². The van der Waals surface area contributed by atoms with Crippen LogP contribution in [0.3, 0.4) is 0 Å². The average molecular weight is 305 g/mol. The zero-order valence-electron chi connectivity index (χ0n) is 10.0. The van der Waals surface area contributed by atoms with Crippen LogP contribution in [0.25, 0.3) is 10.6 Å². The second kappa shape index (κ2) is 5.15. The Balaban J connectivity index is 2.01. The molecule has 3 aromatic rings. The number of carbonyl (C=O) groups excluding carboxylic acids is 1. The molecule has 2 heterocycles. The normalized spacial score (nSPS) is 10.7. The summed E-state index contributed by atoms with van der Waals surface area (Å²) in [5.74, 6) is -0.964. The second-order valence-corrected chi connectivity index (χ2v) is 5.94. The molecule has 1 N–H and O–H groups in total. The third-order valence-corrected chi connectivity index (χ3v) is 4.59. The minimum atomic E-state index is -0.386. The van der Waals surface area contributed by atoms with Gasteiger partial charge in [-0.2, -0.15) is 0 Å². The molecule has 0 fully saturated rings. The molecule has 0 bridgehead atoms. The van der Waals surface area contributed by atoms with Crippen molar-refractivity contribution in [3.8, 4) is 16.5 Å². The molecule has 0 unspecified atom stereocenters.